The molecular weight excluding hydrogens is 322 g/mol. The number of nitrogens with zero attached hydrogens (tertiary/aromatic N) is 3. The minimum atomic E-state index is -0.172. The standard InChI is InChI=1S/C21H21N5/c22-20-24-19(13-10-15-6-2-1-3-7-15)26(21(23)25-20)18-12-11-16-8-4-5-9-17(16)14-18/h1-9,11-12,14,19H,10,13H2,(H4,22,23,24,25)/t19-/m1/s1. The van der Waals surface area contributed by atoms with Gasteiger partial charge in [0.25, 0.3) is 0 Å². The summed E-state index contributed by atoms with van der Waals surface area (Å²) < 4.78 is 0. The van der Waals surface area contributed by atoms with Crippen molar-refractivity contribution in [2.45, 2.75) is 19.0 Å². The van der Waals surface area contributed by atoms with E-state index in [9.17, 15) is 0 Å². The molecule has 4 rings (SSSR count). The van der Waals surface area contributed by atoms with Crippen LogP contribution in [0, 0.1) is 0 Å². The Bertz CT molecular complexity index is 978. The van der Waals surface area contributed by atoms with Crippen molar-refractivity contribution in [2.24, 2.45) is 21.5 Å². The van der Waals surface area contributed by atoms with Gasteiger partial charge in [-0.15, -0.1) is 0 Å². The zero-order chi connectivity index (χ0) is 17.9. The number of nitrogens with two attached hydrogens (primary N) is 2. The molecule has 5 heteroatoms. The third-order valence-corrected chi connectivity index (χ3v) is 4.60. The lowest BCUT2D eigenvalue weighted by atomic mass is 10.1. The molecule has 0 saturated heterocycles. The van der Waals surface area contributed by atoms with Crippen LogP contribution in [-0.2, 0) is 6.42 Å². The molecule has 4 N–H and O–H groups in total. The zero-order valence-corrected chi connectivity index (χ0v) is 14.4. The highest BCUT2D eigenvalue weighted by atomic mass is 15.4. The molecule has 1 heterocycles. The van der Waals surface area contributed by atoms with E-state index >= 15 is 0 Å². The van der Waals surface area contributed by atoms with Gasteiger partial charge in [0.2, 0.25) is 11.9 Å². The lowest BCUT2D eigenvalue weighted by Gasteiger charge is -2.32. The quantitative estimate of drug-likeness (QED) is 0.763. The highest BCUT2D eigenvalue weighted by molar-refractivity contribution is 6.05. The summed E-state index contributed by atoms with van der Waals surface area (Å²) in [5, 5.41) is 2.34. The van der Waals surface area contributed by atoms with Crippen molar-refractivity contribution in [2.75, 3.05) is 4.90 Å². The summed E-state index contributed by atoms with van der Waals surface area (Å²) in [6, 6.07) is 24.9. The maximum Gasteiger partial charge on any atom is 0.220 e. The molecule has 0 unspecified atom stereocenters. The van der Waals surface area contributed by atoms with Gasteiger partial charge in [-0.25, -0.2) is 4.99 Å². The van der Waals surface area contributed by atoms with Crippen molar-refractivity contribution >= 4 is 28.4 Å². The monoisotopic (exact) mass is 343 g/mol. The molecular formula is C21H21N5. The normalized spacial score (nSPS) is 17.1. The van der Waals surface area contributed by atoms with Gasteiger partial charge in [0.15, 0.2) is 0 Å². The van der Waals surface area contributed by atoms with Gasteiger partial charge in [0.05, 0.1) is 0 Å². The first-order chi connectivity index (χ1) is 12.7. The summed E-state index contributed by atoms with van der Waals surface area (Å²) >= 11 is 0. The molecule has 1 aliphatic heterocycles. The Morgan fingerprint density at radius 3 is 2.38 bits per heavy atom. The van der Waals surface area contributed by atoms with Gasteiger partial charge in [0, 0.05) is 5.69 Å². The smallest absolute Gasteiger partial charge is 0.220 e. The summed E-state index contributed by atoms with van der Waals surface area (Å²) in [5.41, 5.74) is 14.3. The Morgan fingerprint density at radius 2 is 1.58 bits per heavy atom. The average Bonchev–Trinajstić information content (AvgIpc) is 2.66. The number of hydrogen-bond acceptors (Lipinski definition) is 5. The molecule has 0 amide bonds. The number of rotatable bonds is 4. The van der Waals surface area contributed by atoms with E-state index < -0.39 is 0 Å². The molecule has 130 valence electrons. The van der Waals surface area contributed by atoms with Crippen LogP contribution in [0.3, 0.4) is 0 Å². The molecule has 0 radical (unpaired) electrons. The predicted molar refractivity (Wildman–Crippen MR) is 108 cm³/mol. The van der Waals surface area contributed by atoms with Crippen LogP contribution in [-0.4, -0.2) is 18.1 Å². The van der Waals surface area contributed by atoms with Crippen LogP contribution in [0.15, 0.2) is 82.8 Å². The van der Waals surface area contributed by atoms with Gasteiger partial charge < -0.3 is 11.5 Å². The molecule has 1 aliphatic rings. The fourth-order valence-corrected chi connectivity index (χ4v) is 3.33. The van der Waals surface area contributed by atoms with Crippen LogP contribution in [0.1, 0.15) is 12.0 Å². The highest BCUT2D eigenvalue weighted by Crippen LogP contribution is 2.26. The summed E-state index contributed by atoms with van der Waals surface area (Å²) in [6.45, 7) is 0. The molecule has 3 aromatic rings. The van der Waals surface area contributed by atoms with E-state index in [-0.39, 0.29) is 12.1 Å². The molecule has 0 aliphatic carbocycles. The largest absolute Gasteiger partial charge is 0.369 e. The van der Waals surface area contributed by atoms with Crippen LogP contribution in [0.5, 0.6) is 0 Å². The van der Waals surface area contributed by atoms with Crippen molar-refractivity contribution < 1.29 is 0 Å². The summed E-state index contributed by atoms with van der Waals surface area (Å²) in [4.78, 5) is 10.7. The molecule has 26 heavy (non-hydrogen) atoms. The van der Waals surface area contributed by atoms with Crippen molar-refractivity contribution in [3.05, 3.63) is 78.4 Å². The predicted octanol–water partition coefficient (Wildman–Crippen LogP) is 3.25. The first-order valence-corrected chi connectivity index (χ1v) is 8.70. The second-order valence-corrected chi connectivity index (χ2v) is 6.36. The van der Waals surface area contributed by atoms with E-state index in [1.165, 1.54) is 10.9 Å². The topological polar surface area (TPSA) is 80.0 Å². The number of aliphatic imine (C=N–C) groups is 2. The molecule has 0 aromatic heterocycles. The Morgan fingerprint density at radius 1 is 0.846 bits per heavy atom. The molecule has 0 saturated carbocycles. The lowest BCUT2D eigenvalue weighted by molar-refractivity contribution is 0.623. The molecule has 0 fully saturated rings. The summed E-state index contributed by atoms with van der Waals surface area (Å²) in [5.74, 6) is 0.614. The maximum absolute atomic E-state index is 6.22. The van der Waals surface area contributed by atoms with Crippen molar-refractivity contribution in [1.82, 2.24) is 0 Å². The molecule has 5 nitrogen and oxygen atoms in total. The SMILES string of the molecule is NC1=N[C@@H](CCc2ccccc2)N(c2ccc3ccccc3c2)C(N)=N1. The zero-order valence-electron chi connectivity index (χ0n) is 14.4. The lowest BCUT2D eigenvalue weighted by Crippen LogP contribution is -2.48. The van der Waals surface area contributed by atoms with Crippen molar-refractivity contribution in [3.8, 4) is 0 Å². The van der Waals surface area contributed by atoms with Gasteiger partial charge in [-0.2, -0.15) is 4.99 Å². The Hall–Kier alpha value is -3.34. The number of aryl methyl sites for hydroxylation is 1. The van der Waals surface area contributed by atoms with E-state index in [4.69, 9.17) is 11.5 Å². The third kappa shape index (κ3) is 3.24. The van der Waals surface area contributed by atoms with Crippen LogP contribution < -0.4 is 16.4 Å². The van der Waals surface area contributed by atoms with Crippen LogP contribution in [0.2, 0.25) is 0 Å². The van der Waals surface area contributed by atoms with Gasteiger partial charge >= 0.3 is 0 Å². The van der Waals surface area contributed by atoms with E-state index in [0.717, 1.165) is 23.9 Å². The summed E-state index contributed by atoms with van der Waals surface area (Å²) in [7, 11) is 0. The van der Waals surface area contributed by atoms with E-state index in [2.05, 4.69) is 52.4 Å². The summed E-state index contributed by atoms with van der Waals surface area (Å²) in [6.07, 6.45) is 1.52. The van der Waals surface area contributed by atoms with E-state index in [1.807, 2.05) is 35.2 Å². The fraction of sp³-hybridized carbons (Fsp3) is 0.143. The van der Waals surface area contributed by atoms with Gasteiger partial charge in [0.1, 0.15) is 6.17 Å². The van der Waals surface area contributed by atoms with Gasteiger partial charge in [-0.05, 0) is 41.3 Å². The minimum absolute atomic E-state index is 0.172. The van der Waals surface area contributed by atoms with Crippen LogP contribution >= 0.6 is 0 Å². The maximum atomic E-state index is 6.22. The minimum Gasteiger partial charge on any atom is -0.369 e. The van der Waals surface area contributed by atoms with Gasteiger partial charge in [-0.3, -0.25) is 4.90 Å². The van der Waals surface area contributed by atoms with Crippen LogP contribution in [0.4, 0.5) is 5.69 Å². The third-order valence-electron chi connectivity index (χ3n) is 4.60. The number of benzene rings is 3. The Kier molecular flexibility index (Phi) is 4.27. The second kappa shape index (κ2) is 6.88. The number of hydrogen-bond donors (Lipinski definition) is 2. The Balaban J connectivity index is 1.65. The number of guanidine groups is 2. The van der Waals surface area contributed by atoms with Gasteiger partial charge in [-0.1, -0.05) is 60.7 Å². The molecule has 1 atom stereocenters. The first kappa shape index (κ1) is 16.1. The Labute approximate surface area is 152 Å². The van der Waals surface area contributed by atoms with Crippen LogP contribution in [0.25, 0.3) is 10.8 Å². The molecule has 3 aromatic carbocycles. The van der Waals surface area contributed by atoms with E-state index in [0.29, 0.717) is 5.96 Å². The first-order valence-electron chi connectivity index (χ1n) is 8.70. The second-order valence-electron chi connectivity index (χ2n) is 6.36. The number of fused-ring (bicyclic) bond motifs is 1. The van der Waals surface area contributed by atoms with Crippen molar-refractivity contribution in [3.63, 3.8) is 0 Å². The van der Waals surface area contributed by atoms with Crippen molar-refractivity contribution in [1.29, 1.82) is 0 Å². The number of anilines is 1. The molecule has 0 bridgehead atoms. The average molecular weight is 343 g/mol. The van der Waals surface area contributed by atoms with E-state index in [1.54, 1.807) is 0 Å². The fourth-order valence-electron chi connectivity index (χ4n) is 3.33. The highest BCUT2D eigenvalue weighted by Gasteiger charge is 2.25. The molecule has 0 spiro atoms.